The molecule has 0 bridgehead atoms. The highest BCUT2D eigenvalue weighted by molar-refractivity contribution is 14.0. The van der Waals surface area contributed by atoms with Gasteiger partial charge in [0.15, 0.2) is 5.96 Å². The molecule has 7 heteroatoms. The number of hydrogen-bond acceptors (Lipinski definition) is 3. The minimum Gasteiger partial charge on any atom is -0.496 e. The van der Waals surface area contributed by atoms with Gasteiger partial charge in [-0.3, -0.25) is 0 Å². The first kappa shape index (κ1) is 20.3. The minimum absolute atomic E-state index is 0. The fourth-order valence-corrected chi connectivity index (χ4v) is 2.67. The lowest BCUT2D eigenvalue weighted by molar-refractivity contribution is 0.108. The largest absolute Gasteiger partial charge is 0.496 e. The number of aliphatic imine (C=N–C) groups is 1. The second-order valence-corrected chi connectivity index (χ2v) is 5.78. The van der Waals surface area contributed by atoms with Gasteiger partial charge in [-0.25, -0.2) is 4.99 Å². The highest BCUT2D eigenvalue weighted by atomic mass is 127. The van der Waals surface area contributed by atoms with Gasteiger partial charge in [-0.1, -0.05) is 17.7 Å². The SMILES string of the molecule is CCNC(=NCc1ccc(Cl)cc1OC)N1CCC(O)CC1.I. The van der Waals surface area contributed by atoms with Crippen LogP contribution in [0.15, 0.2) is 23.2 Å². The number of piperidine rings is 1. The van der Waals surface area contributed by atoms with E-state index in [1.54, 1.807) is 13.2 Å². The van der Waals surface area contributed by atoms with Gasteiger partial charge in [-0.2, -0.15) is 0 Å². The summed E-state index contributed by atoms with van der Waals surface area (Å²) in [5, 5.41) is 13.6. The first-order valence-electron chi connectivity index (χ1n) is 7.67. The van der Waals surface area contributed by atoms with Crippen molar-refractivity contribution in [1.29, 1.82) is 0 Å². The van der Waals surface area contributed by atoms with Crippen LogP contribution in [0, 0.1) is 0 Å². The molecule has 130 valence electrons. The van der Waals surface area contributed by atoms with Gasteiger partial charge < -0.3 is 20.1 Å². The fourth-order valence-electron chi connectivity index (χ4n) is 2.51. The summed E-state index contributed by atoms with van der Waals surface area (Å²) in [6.45, 7) is 5.05. The van der Waals surface area contributed by atoms with Crippen molar-refractivity contribution in [3.63, 3.8) is 0 Å². The van der Waals surface area contributed by atoms with Gasteiger partial charge in [-0.15, -0.1) is 24.0 Å². The first-order valence-corrected chi connectivity index (χ1v) is 8.05. The van der Waals surface area contributed by atoms with Crippen LogP contribution in [-0.4, -0.2) is 48.8 Å². The molecule has 0 radical (unpaired) electrons. The Morgan fingerprint density at radius 1 is 1.43 bits per heavy atom. The van der Waals surface area contributed by atoms with Crippen LogP contribution in [-0.2, 0) is 6.54 Å². The monoisotopic (exact) mass is 453 g/mol. The number of nitrogens with one attached hydrogen (secondary N) is 1. The third-order valence-corrected chi connectivity index (χ3v) is 3.98. The second kappa shape index (κ2) is 10.2. The average Bonchev–Trinajstić information content (AvgIpc) is 2.53. The van der Waals surface area contributed by atoms with Gasteiger partial charge in [0.25, 0.3) is 0 Å². The lowest BCUT2D eigenvalue weighted by atomic mass is 10.1. The quantitative estimate of drug-likeness (QED) is 0.418. The Hall–Kier alpha value is -0.730. The predicted octanol–water partition coefficient (Wildman–Crippen LogP) is 2.89. The number of rotatable bonds is 4. The topological polar surface area (TPSA) is 57.1 Å². The molecular formula is C16H25ClIN3O2. The molecule has 0 aromatic heterocycles. The Morgan fingerprint density at radius 2 is 2.13 bits per heavy atom. The number of nitrogens with zero attached hydrogens (tertiary/aromatic N) is 2. The Bertz CT molecular complexity index is 520. The number of halogens is 2. The summed E-state index contributed by atoms with van der Waals surface area (Å²) in [7, 11) is 1.64. The Morgan fingerprint density at radius 3 is 2.74 bits per heavy atom. The van der Waals surface area contributed by atoms with Crippen LogP contribution >= 0.6 is 35.6 Å². The van der Waals surface area contributed by atoms with E-state index in [2.05, 4.69) is 17.1 Å². The number of methoxy groups -OCH3 is 1. The molecule has 1 fully saturated rings. The maximum absolute atomic E-state index is 9.62. The number of likely N-dealkylation sites (tertiary alicyclic amines) is 1. The molecule has 5 nitrogen and oxygen atoms in total. The Labute approximate surface area is 160 Å². The van der Waals surface area contributed by atoms with E-state index in [9.17, 15) is 5.11 Å². The molecule has 2 rings (SSSR count). The lowest BCUT2D eigenvalue weighted by Crippen LogP contribution is -2.46. The third kappa shape index (κ3) is 6.00. The van der Waals surface area contributed by atoms with Crippen molar-refractivity contribution < 1.29 is 9.84 Å². The zero-order chi connectivity index (χ0) is 15.9. The van der Waals surface area contributed by atoms with Crippen molar-refractivity contribution in [3.05, 3.63) is 28.8 Å². The fraction of sp³-hybridized carbons (Fsp3) is 0.562. The van der Waals surface area contributed by atoms with E-state index < -0.39 is 0 Å². The van der Waals surface area contributed by atoms with Crippen molar-refractivity contribution in [2.24, 2.45) is 4.99 Å². The van der Waals surface area contributed by atoms with Crippen molar-refractivity contribution in [3.8, 4) is 5.75 Å². The molecule has 2 N–H and O–H groups in total. The smallest absolute Gasteiger partial charge is 0.194 e. The molecule has 0 amide bonds. The van der Waals surface area contributed by atoms with Crippen LogP contribution in [0.1, 0.15) is 25.3 Å². The maximum atomic E-state index is 9.62. The van der Waals surface area contributed by atoms with Gasteiger partial charge in [0.1, 0.15) is 5.75 Å². The normalized spacial score (nSPS) is 16.0. The van der Waals surface area contributed by atoms with Crippen molar-refractivity contribution in [2.45, 2.75) is 32.4 Å². The molecular weight excluding hydrogens is 429 g/mol. The van der Waals surface area contributed by atoms with Crippen molar-refractivity contribution in [2.75, 3.05) is 26.7 Å². The summed E-state index contributed by atoms with van der Waals surface area (Å²) in [6.07, 6.45) is 1.39. The molecule has 1 saturated heterocycles. The van der Waals surface area contributed by atoms with Crippen LogP contribution in [0.4, 0.5) is 0 Å². The van der Waals surface area contributed by atoms with Gasteiger partial charge in [0.2, 0.25) is 0 Å². The van der Waals surface area contributed by atoms with E-state index in [1.807, 2.05) is 12.1 Å². The molecule has 1 aliphatic rings. The molecule has 1 heterocycles. The van der Waals surface area contributed by atoms with Crippen LogP contribution < -0.4 is 10.1 Å². The molecule has 0 aliphatic carbocycles. The van der Waals surface area contributed by atoms with Crippen LogP contribution in [0.25, 0.3) is 0 Å². The van der Waals surface area contributed by atoms with E-state index in [0.717, 1.165) is 49.7 Å². The van der Waals surface area contributed by atoms with E-state index in [-0.39, 0.29) is 30.1 Å². The van der Waals surface area contributed by atoms with Crippen LogP contribution in [0.3, 0.4) is 0 Å². The number of hydrogen-bond donors (Lipinski definition) is 2. The van der Waals surface area contributed by atoms with Crippen molar-refractivity contribution in [1.82, 2.24) is 10.2 Å². The highest BCUT2D eigenvalue weighted by Gasteiger charge is 2.19. The first-order chi connectivity index (χ1) is 10.6. The summed E-state index contributed by atoms with van der Waals surface area (Å²) >= 11 is 5.98. The summed E-state index contributed by atoms with van der Waals surface area (Å²) in [5.41, 5.74) is 0.999. The number of benzene rings is 1. The molecule has 0 saturated carbocycles. The number of aliphatic hydroxyl groups excluding tert-OH is 1. The van der Waals surface area contributed by atoms with E-state index in [4.69, 9.17) is 21.3 Å². The summed E-state index contributed by atoms with van der Waals surface area (Å²) in [6, 6.07) is 5.59. The van der Waals surface area contributed by atoms with Gasteiger partial charge in [0.05, 0.1) is 19.8 Å². The summed E-state index contributed by atoms with van der Waals surface area (Å²) < 4.78 is 5.36. The van der Waals surface area contributed by atoms with E-state index in [1.165, 1.54) is 0 Å². The lowest BCUT2D eigenvalue weighted by Gasteiger charge is -2.32. The van der Waals surface area contributed by atoms with Gasteiger partial charge in [-0.05, 0) is 31.9 Å². The van der Waals surface area contributed by atoms with Crippen LogP contribution in [0.2, 0.25) is 5.02 Å². The predicted molar refractivity (Wildman–Crippen MR) is 105 cm³/mol. The third-order valence-electron chi connectivity index (χ3n) is 3.75. The number of guanidine groups is 1. The zero-order valence-corrected chi connectivity index (χ0v) is 16.7. The van der Waals surface area contributed by atoms with Crippen LogP contribution in [0.5, 0.6) is 5.75 Å². The highest BCUT2D eigenvalue weighted by Crippen LogP contribution is 2.24. The van der Waals surface area contributed by atoms with Gasteiger partial charge in [0, 0.05) is 30.2 Å². The second-order valence-electron chi connectivity index (χ2n) is 5.34. The molecule has 1 aliphatic heterocycles. The Kier molecular flexibility index (Phi) is 9.01. The molecule has 1 aromatic rings. The molecule has 0 unspecified atom stereocenters. The molecule has 23 heavy (non-hydrogen) atoms. The van der Waals surface area contributed by atoms with Crippen molar-refractivity contribution >= 4 is 41.5 Å². The van der Waals surface area contributed by atoms with E-state index in [0.29, 0.717) is 11.6 Å². The number of ether oxygens (including phenoxy) is 1. The minimum atomic E-state index is -0.185. The molecule has 0 atom stereocenters. The Balaban J connectivity index is 0.00000264. The zero-order valence-electron chi connectivity index (χ0n) is 13.6. The van der Waals surface area contributed by atoms with Gasteiger partial charge >= 0.3 is 0 Å². The van der Waals surface area contributed by atoms with E-state index >= 15 is 0 Å². The molecule has 0 spiro atoms. The molecule has 1 aromatic carbocycles. The summed E-state index contributed by atoms with van der Waals surface area (Å²) in [4.78, 5) is 6.89. The number of aliphatic hydroxyl groups is 1. The standard InChI is InChI=1S/C16H24ClN3O2.HI/c1-3-18-16(20-8-6-14(21)7-9-20)19-11-12-4-5-13(17)10-15(12)22-2;/h4-5,10,14,21H,3,6-9,11H2,1-2H3,(H,18,19);1H. The maximum Gasteiger partial charge on any atom is 0.194 e. The average molecular weight is 454 g/mol. The summed E-state index contributed by atoms with van der Waals surface area (Å²) in [5.74, 6) is 1.63.